The Morgan fingerprint density at radius 1 is 1.04 bits per heavy atom. The zero-order valence-electron chi connectivity index (χ0n) is 15.5. The number of nitrogens with zero attached hydrogens (tertiary/aromatic N) is 3. The molecule has 28 heavy (non-hydrogen) atoms. The fourth-order valence-electron chi connectivity index (χ4n) is 3.65. The molecule has 4 nitrogen and oxygen atoms in total. The van der Waals surface area contributed by atoms with Gasteiger partial charge in [-0.3, -0.25) is 14.6 Å². The summed E-state index contributed by atoms with van der Waals surface area (Å²) in [4.78, 5) is 17.5. The average Bonchev–Trinajstić information content (AvgIpc) is 2.65. The summed E-state index contributed by atoms with van der Waals surface area (Å²) >= 11 is 0. The van der Waals surface area contributed by atoms with E-state index in [2.05, 4.69) is 16.7 Å². The molecular weight excluding hydrogens is 374 g/mol. The predicted octanol–water partition coefficient (Wildman–Crippen LogP) is 2.35. The van der Waals surface area contributed by atoms with Crippen molar-refractivity contribution >= 4 is 5.91 Å². The number of hydrogen-bond donors (Lipinski definition) is 0. The molecule has 8 heteroatoms. The number of likely N-dealkylation sites (tertiary alicyclic amines) is 1. The van der Waals surface area contributed by atoms with Gasteiger partial charge in [-0.05, 0) is 37.1 Å². The molecule has 2 saturated heterocycles. The number of amides is 1. The first-order valence-electron chi connectivity index (χ1n) is 9.38. The number of carbonyl (C=O) groups excluding carboxylic acids is 1. The van der Waals surface area contributed by atoms with E-state index in [0.29, 0.717) is 45.6 Å². The van der Waals surface area contributed by atoms with Gasteiger partial charge in [-0.15, -0.1) is 0 Å². The van der Waals surface area contributed by atoms with Crippen LogP contribution < -0.4 is 0 Å². The summed E-state index contributed by atoms with van der Waals surface area (Å²) in [7, 11) is 0. The Labute approximate surface area is 162 Å². The molecule has 2 aliphatic rings. The van der Waals surface area contributed by atoms with Crippen molar-refractivity contribution in [3.05, 3.63) is 35.6 Å². The largest absolute Gasteiger partial charge is 0.406 e. The normalized spacial score (nSPS) is 22.1. The summed E-state index contributed by atoms with van der Waals surface area (Å²) in [5, 5.41) is 0. The zero-order valence-corrected chi connectivity index (χ0v) is 15.5. The minimum atomic E-state index is -4.36. The van der Waals surface area contributed by atoms with Crippen LogP contribution in [0.1, 0.15) is 18.4 Å². The highest BCUT2D eigenvalue weighted by Gasteiger charge is 2.39. The molecule has 0 aliphatic carbocycles. The van der Waals surface area contributed by atoms with Crippen LogP contribution in [0.5, 0.6) is 0 Å². The second-order valence-corrected chi connectivity index (χ2v) is 7.15. The molecule has 0 spiro atoms. The van der Waals surface area contributed by atoms with Gasteiger partial charge in [0.15, 0.2) is 0 Å². The molecular formula is C20H23F4N3O. The van der Waals surface area contributed by atoms with Crippen molar-refractivity contribution in [1.29, 1.82) is 0 Å². The standard InChI is InChI=1S/C20H23F4N3O/c21-17-7-5-16(6-8-17)3-1-9-25-11-13-26(14-12-25)18-4-2-10-27(19(18)28)15-20(22,23)24/h5-8,18H,2,4,9-15H2. The Bertz CT molecular complexity index is 731. The maximum atomic E-state index is 12.9. The van der Waals surface area contributed by atoms with E-state index in [0.717, 1.165) is 10.5 Å². The summed E-state index contributed by atoms with van der Waals surface area (Å²) in [6.45, 7) is 2.25. The molecule has 1 aromatic rings. The van der Waals surface area contributed by atoms with Gasteiger partial charge in [0, 0.05) is 38.3 Å². The van der Waals surface area contributed by atoms with Gasteiger partial charge in [0.2, 0.25) is 5.91 Å². The number of alkyl halides is 3. The van der Waals surface area contributed by atoms with Gasteiger partial charge in [0.1, 0.15) is 12.4 Å². The smallest absolute Gasteiger partial charge is 0.332 e. The van der Waals surface area contributed by atoms with Crippen LogP contribution in [0, 0.1) is 17.7 Å². The summed E-state index contributed by atoms with van der Waals surface area (Å²) in [6.07, 6.45) is -3.16. The van der Waals surface area contributed by atoms with Crippen LogP contribution in [0.3, 0.4) is 0 Å². The predicted molar refractivity (Wildman–Crippen MR) is 96.9 cm³/mol. The highest BCUT2D eigenvalue weighted by Crippen LogP contribution is 2.23. The topological polar surface area (TPSA) is 26.8 Å². The number of rotatable bonds is 3. The quantitative estimate of drug-likeness (QED) is 0.579. The highest BCUT2D eigenvalue weighted by atomic mass is 19.4. The number of halogens is 4. The molecule has 2 aliphatic heterocycles. The zero-order chi connectivity index (χ0) is 20.1. The third-order valence-corrected chi connectivity index (χ3v) is 5.10. The second-order valence-electron chi connectivity index (χ2n) is 7.15. The fourth-order valence-corrected chi connectivity index (χ4v) is 3.65. The molecule has 152 valence electrons. The Kier molecular flexibility index (Phi) is 6.57. The number of hydrogen-bond acceptors (Lipinski definition) is 3. The summed E-state index contributed by atoms with van der Waals surface area (Å²) in [5.41, 5.74) is 0.748. The minimum Gasteiger partial charge on any atom is -0.332 e. The van der Waals surface area contributed by atoms with Crippen molar-refractivity contribution in [3.8, 4) is 11.8 Å². The fraction of sp³-hybridized carbons (Fsp3) is 0.550. The molecule has 0 aromatic heterocycles. The third-order valence-electron chi connectivity index (χ3n) is 5.10. The highest BCUT2D eigenvalue weighted by molar-refractivity contribution is 5.82. The second kappa shape index (κ2) is 8.93. The van der Waals surface area contributed by atoms with Crippen molar-refractivity contribution in [1.82, 2.24) is 14.7 Å². The lowest BCUT2D eigenvalue weighted by molar-refractivity contribution is -0.168. The van der Waals surface area contributed by atoms with E-state index in [-0.39, 0.29) is 12.4 Å². The van der Waals surface area contributed by atoms with Crippen molar-refractivity contribution < 1.29 is 22.4 Å². The van der Waals surface area contributed by atoms with Gasteiger partial charge in [0.05, 0.1) is 12.6 Å². The minimum absolute atomic E-state index is 0.174. The maximum Gasteiger partial charge on any atom is 0.406 e. The molecule has 0 N–H and O–H groups in total. The Morgan fingerprint density at radius 2 is 1.71 bits per heavy atom. The lowest BCUT2D eigenvalue weighted by Crippen LogP contribution is -2.58. The van der Waals surface area contributed by atoms with Crippen molar-refractivity contribution in [2.75, 3.05) is 45.8 Å². The van der Waals surface area contributed by atoms with Crippen LogP contribution in [0.2, 0.25) is 0 Å². The van der Waals surface area contributed by atoms with E-state index >= 15 is 0 Å². The van der Waals surface area contributed by atoms with E-state index < -0.39 is 24.7 Å². The number of carbonyl (C=O) groups is 1. The molecule has 1 atom stereocenters. The van der Waals surface area contributed by atoms with Gasteiger partial charge in [0.25, 0.3) is 0 Å². The molecule has 1 unspecified atom stereocenters. The Balaban J connectivity index is 1.48. The third kappa shape index (κ3) is 5.69. The first-order valence-corrected chi connectivity index (χ1v) is 9.38. The van der Waals surface area contributed by atoms with Crippen molar-refractivity contribution in [2.45, 2.75) is 25.1 Å². The van der Waals surface area contributed by atoms with E-state index in [4.69, 9.17) is 0 Å². The van der Waals surface area contributed by atoms with Crippen LogP contribution in [-0.4, -0.2) is 78.6 Å². The van der Waals surface area contributed by atoms with Crippen molar-refractivity contribution in [3.63, 3.8) is 0 Å². The number of benzene rings is 1. The van der Waals surface area contributed by atoms with E-state index in [1.54, 1.807) is 12.1 Å². The first-order chi connectivity index (χ1) is 13.3. The van der Waals surface area contributed by atoms with Gasteiger partial charge in [-0.1, -0.05) is 11.8 Å². The van der Waals surface area contributed by atoms with Gasteiger partial charge in [-0.2, -0.15) is 13.2 Å². The first kappa shape index (κ1) is 20.6. The summed E-state index contributed by atoms with van der Waals surface area (Å²) in [6, 6.07) is 5.53. The van der Waals surface area contributed by atoms with Gasteiger partial charge >= 0.3 is 6.18 Å². The average molecular weight is 397 g/mol. The maximum absolute atomic E-state index is 12.9. The lowest BCUT2D eigenvalue weighted by Gasteiger charge is -2.42. The van der Waals surface area contributed by atoms with Crippen molar-refractivity contribution in [2.24, 2.45) is 0 Å². The Hall–Kier alpha value is -2.11. The van der Waals surface area contributed by atoms with Gasteiger partial charge in [-0.25, -0.2) is 4.39 Å². The van der Waals surface area contributed by atoms with Crippen LogP contribution >= 0.6 is 0 Å². The van der Waals surface area contributed by atoms with Crippen LogP contribution in [0.4, 0.5) is 17.6 Å². The number of piperazine rings is 1. The number of piperidine rings is 1. The molecule has 1 amide bonds. The molecule has 0 radical (unpaired) electrons. The van der Waals surface area contributed by atoms with E-state index in [9.17, 15) is 22.4 Å². The molecule has 0 saturated carbocycles. The molecule has 2 heterocycles. The Morgan fingerprint density at radius 3 is 2.36 bits per heavy atom. The van der Waals surface area contributed by atoms with E-state index in [1.807, 2.05) is 4.90 Å². The van der Waals surface area contributed by atoms with Crippen LogP contribution in [0.15, 0.2) is 24.3 Å². The molecule has 1 aromatic carbocycles. The molecule has 0 bridgehead atoms. The monoisotopic (exact) mass is 397 g/mol. The van der Waals surface area contributed by atoms with Crippen LogP contribution in [0.25, 0.3) is 0 Å². The molecule has 2 fully saturated rings. The summed E-state index contributed by atoms with van der Waals surface area (Å²) < 4.78 is 50.8. The lowest BCUT2D eigenvalue weighted by atomic mass is 10.0. The summed E-state index contributed by atoms with van der Waals surface area (Å²) in [5.74, 6) is 5.34. The van der Waals surface area contributed by atoms with Crippen LogP contribution in [-0.2, 0) is 4.79 Å². The SMILES string of the molecule is O=C1C(N2CCN(CC#Cc3ccc(F)cc3)CC2)CCCN1CC(F)(F)F. The van der Waals surface area contributed by atoms with Gasteiger partial charge < -0.3 is 4.90 Å². The molecule has 3 rings (SSSR count). The van der Waals surface area contributed by atoms with E-state index in [1.165, 1.54) is 12.1 Å².